The van der Waals surface area contributed by atoms with Gasteiger partial charge in [-0.2, -0.15) is 5.10 Å². The highest BCUT2D eigenvalue weighted by Crippen LogP contribution is 2.40. The summed E-state index contributed by atoms with van der Waals surface area (Å²) >= 11 is 0. The van der Waals surface area contributed by atoms with Crippen LogP contribution in [0, 0.1) is 12.8 Å². The molecule has 0 bridgehead atoms. The van der Waals surface area contributed by atoms with Gasteiger partial charge in [0, 0.05) is 12.1 Å². The van der Waals surface area contributed by atoms with Crippen molar-refractivity contribution in [1.82, 2.24) is 15.1 Å². The summed E-state index contributed by atoms with van der Waals surface area (Å²) in [5.74, 6) is 1.24. The van der Waals surface area contributed by atoms with Crippen LogP contribution in [-0.4, -0.2) is 42.2 Å². The van der Waals surface area contributed by atoms with Crippen LogP contribution in [0.3, 0.4) is 0 Å². The Kier molecular flexibility index (Phi) is 5.25. The summed E-state index contributed by atoms with van der Waals surface area (Å²) in [5, 5.41) is 10.7. The van der Waals surface area contributed by atoms with E-state index in [1.165, 1.54) is 18.4 Å². The van der Waals surface area contributed by atoms with Crippen LogP contribution in [0.25, 0.3) is 0 Å². The minimum atomic E-state index is -3.02. The molecule has 2 N–H and O–H groups in total. The Morgan fingerprint density at radius 3 is 2.64 bits per heavy atom. The van der Waals surface area contributed by atoms with Crippen LogP contribution in [0.1, 0.15) is 42.6 Å². The molecule has 4 rings (SSSR count). The summed E-state index contributed by atoms with van der Waals surface area (Å²) in [6, 6.07) is 12.0. The number of hydrogen-bond acceptors (Lipinski definition) is 5. The Bertz CT molecular complexity index is 951. The maximum Gasteiger partial charge on any atom is 0.239 e. The van der Waals surface area contributed by atoms with Gasteiger partial charge in [-0.3, -0.25) is 4.79 Å². The Balaban J connectivity index is 1.40. The minimum absolute atomic E-state index is 0.0764. The first-order valence-electron chi connectivity index (χ1n) is 9.76. The first-order chi connectivity index (χ1) is 13.4. The lowest BCUT2D eigenvalue weighted by Crippen LogP contribution is -2.33. The smallest absolute Gasteiger partial charge is 0.239 e. The number of nitrogens with one attached hydrogen (secondary N) is 2. The van der Waals surface area contributed by atoms with Crippen LogP contribution in [0.15, 0.2) is 36.4 Å². The summed E-state index contributed by atoms with van der Waals surface area (Å²) in [6.07, 6.45) is 2.88. The highest BCUT2D eigenvalue weighted by atomic mass is 32.2. The Hall–Kier alpha value is -2.19. The maximum absolute atomic E-state index is 12.6. The number of aromatic nitrogens is 2. The second-order valence-corrected chi connectivity index (χ2v) is 10.1. The molecule has 1 amide bonds. The van der Waals surface area contributed by atoms with Gasteiger partial charge < -0.3 is 10.6 Å². The van der Waals surface area contributed by atoms with E-state index in [4.69, 9.17) is 0 Å². The zero-order valence-electron chi connectivity index (χ0n) is 16.0. The number of sulfone groups is 1. The van der Waals surface area contributed by atoms with Crippen LogP contribution in [0.2, 0.25) is 0 Å². The number of benzene rings is 1. The van der Waals surface area contributed by atoms with Crippen molar-refractivity contribution in [2.45, 2.75) is 38.3 Å². The molecule has 2 unspecified atom stereocenters. The summed E-state index contributed by atoms with van der Waals surface area (Å²) in [6.45, 7) is 2.04. The number of carbonyl (C=O) groups excluding carboxylic acids is 1. The lowest BCUT2D eigenvalue weighted by molar-refractivity contribution is -0.115. The molecule has 2 aromatic rings. The van der Waals surface area contributed by atoms with Crippen molar-refractivity contribution >= 4 is 21.6 Å². The standard InChI is InChI=1S/C20H26N4O3S/c1-14-11-18(24(23-14)17-9-10-28(26,27)13-17)22-19(25)12-21-20(16-7-8-16)15-5-3-2-4-6-15/h2-6,11,16-17,20-21H,7-10,12-13H2,1H3,(H,22,25). The Labute approximate surface area is 165 Å². The average molecular weight is 403 g/mol. The van der Waals surface area contributed by atoms with Crippen molar-refractivity contribution in [3.05, 3.63) is 47.7 Å². The number of anilines is 1. The van der Waals surface area contributed by atoms with E-state index in [-0.39, 0.29) is 36.0 Å². The van der Waals surface area contributed by atoms with Gasteiger partial charge >= 0.3 is 0 Å². The van der Waals surface area contributed by atoms with Crippen LogP contribution in [-0.2, 0) is 14.6 Å². The molecule has 2 atom stereocenters. The van der Waals surface area contributed by atoms with Crippen molar-refractivity contribution < 1.29 is 13.2 Å². The van der Waals surface area contributed by atoms with Crippen LogP contribution < -0.4 is 10.6 Å². The van der Waals surface area contributed by atoms with E-state index in [0.717, 1.165) is 5.69 Å². The summed E-state index contributed by atoms with van der Waals surface area (Å²) < 4.78 is 25.3. The van der Waals surface area contributed by atoms with Crippen LogP contribution >= 0.6 is 0 Å². The fourth-order valence-corrected chi connectivity index (χ4v) is 5.58. The van der Waals surface area contributed by atoms with E-state index >= 15 is 0 Å². The van der Waals surface area contributed by atoms with Gasteiger partial charge in [0.05, 0.1) is 29.8 Å². The number of carbonyl (C=O) groups is 1. The lowest BCUT2D eigenvalue weighted by atomic mass is 10.0. The first kappa shape index (κ1) is 19.1. The number of rotatable bonds is 7. The molecule has 1 saturated carbocycles. The van der Waals surface area contributed by atoms with Gasteiger partial charge in [0.25, 0.3) is 0 Å². The second kappa shape index (κ2) is 7.67. The summed E-state index contributed by atoms with van der Waals surface area (Å²) in [4.78, 5) is 12.6. The molecule has 0 spiro atoms. The molecule has 1 aromatic heterocycles. The van der Waals surface area contributed by atoms with E-state index in [1.54, 1.807) is 10.7 Å². The number of hydrogen-bond donors (Lipinski definition) is 2. The fourth-order valence-electron chi connectivity index (χ4n) is 3.89. The molecular formula is C20H26N4O3S. The predicted octanol–water partition coefficient (Wildman–Crippen LogP) is 2.23. The van der Waals surface area contributed by atoms with Crippen molar-refractivity contribution in [2.24, 2.45) is 5.92 Å². The highest BCUT2D eigenvalue weighted by molar-refractivity contribution is 7.91. The van der Waals surface area contributed by atoms with E-state index in [2.05, 4.69) is 27.9 Å². The molecule has 1 aliphatic carbocycles. The largest absolute Gasteiger partial charge is 0.310 e. The van der Waals surface area contributed by atoms with Crippen molar-refractivity contribution in [3.63, 3.8) is 0 Å². The molecule has 0 radical (unpaired) electrons. The average Bonchev–Trinajstić information content (AvgIpc) is 3.33. The van der Waals surface area contributed by atoms with E-state index < -0.39 is 9.84 Å². The monoisotopic (exact) mass is 402 g/mol. The quantitative estimate of drug-likeness (QED) is 0.741. The zero-order chi connectivity index (χ0) is 19.7. The van der Waals surface area contributed by atoms with Gasteiger partial charge in [-0.1, -0.05) is 30.3 Å². The van der Waals surface area contributed by atoms with E-state index in [0.29, 0.717) is 18.2 Å². The van der Waals surface area contributed by atoms with Gasteiger partial charge in [-0.25, -0.2) is 13.1 Å². The Morgan fingerprint density at radius 1 is 1.25 bits per heavy atom. The van der Waals surface area contributed by atoms with Crippen molar-refractivity contribution in [2.75, 3.05) is 23.4 Å². The predicted molar refractivity (Wildman–Crippen MR) is 108 cm³/mol. The molecule has 28 heavy (non-hydrogen) atoms. The van der Waals surface area contributed by atoms with Crippen molar-refractivity contribution in [1.29, 1.82) is 0 Å². The molecule has 2 fully saturated rings. The molecule has 1 aromatic carbocycles. The second-order valence-electron chi connectivity index (χ2n) is 7.83. The third-order valence-corrected chi connectivity index (χ3v) is 7.16. The van der Waals surface area contributed by atoms with Crippen LogP contribution in [0.4, 0.5) is 5.82 Å². The number of aryl methyl sites for hydroxylation is 1. The van der Waals surface area contributed by atoms with Gasteiger partial charge in [0.15, 0.2) is 9.84 Å². The van der Waals surface area contributed by atoms with E-state index in [1.807, 2.05) is 25.1 Å². The molecule has 8 heteroatoms. The maximum atomic E-state index is 12.6. The molecule has 150 valence electrons. The SMILES string of the molecule is Cc1cc(NC(=O)CNC(c2ccccc2)C2CC2)n(C2CCS(=O)(=O)C2)n1. The lowest BCUT2D eigenvalue weighted by Gasteiger charge is -2.19. The molecule has 7 nitrogen and oxygen atoms in total. The first-order valence-corrected chi connectivity index (χ1v) is 11.6. The number of nitrogens with zero attached hydrogens (tertiary/aromatic N) is 2. The topological polar surface area (TPSA) is 93.1 Å². The van der Waals surface area contributed by atoms with Gasteiger partial charge in [0.1, 0.15) is 5.82 Å². The summed E-state index contributed by atoms with van der Waals surface area (Å²) in [7, 11) is -3.02. The molecule has 1 aliphatic heterocycles. The van der Waals surface area contributed by atoms with Gasteiger partial charge in [0.2, 0.25) is 5.91 Å². The van der Waals surface area contributed by atoms with Crippen molar-refractivity contribution in [3.8, 4) is 0 Å². The summed E-state index contributed by atoms with van der Waals surface area (Å²) in [5.41, 5.74) is 1.96. The molecular weight excluding hydrogens is 376 g/mol. The third kappa shape index (κ3) is 4.44. The zero-order valence-corrected chi connectivity index (χ0v) is 16.8. The van der Waals surface area contributed by atoms with Crippen LogP contribution in [0.5, 0.6) is 0 Å². The third-order valence-electron chi connectivity index (χ3n) is 5.41. The molecule has 2 heterocycles. The van der Waals surface area contributed by atoms with E-state index in [9.17, 15) is 13.2 Å². The van der Waals surface area contributed by atoms with Gasteiger partial charge in [-0.05, 0) is 37.7 Å². The highest BCUT2D eigenvalue weighted by Gasteiger charge is 2.33. The number of amides is 1. The molecule has 1 saturated heterocycles. The normalized spacial score (nSPS) is 22.1. The van der Waals surface area contributed by atoms with Gasteiger partial charge in [-0.15, -0.1) is 0 Å². The molecule has 2 aliphatic rings. The Morgan fingerprint density at radius 2 is 2.00 bits per heavy atom. The fraction of sp³-hybridized carbons (Fsp3) is 0.500. The minimum Gasteiger partial charge on any atom is -0.310 e.